The van der Waals surface area contributed by atoms with Crippen molar-refractivity contribution >= 4 is 16.0 Å². The summed E-state index contributed by atoms with van der Waals surface area (Å²) >= 11 is 0. The molecule has 0 saturated heterocycles. The third kappa shape index (κ3) is 3.97. The molecule has 0 spiro atoms. The zero-order chi connectivity index (χ0) is 15.6. The molecule has 0 aliphatic rings. The van der Waals surface area contributed by atoms with Gasteiger partial charge in [-0.1, -0.05) is 0 Å². The largest absolute Gasteiger partial charge is 0.461 e. The van der Waals surface area contributed by atoms with Gasteiger partial charge in [-0.25, -0.2) is 13.2 Å². The molecule has 1 atom stereocenters. The molecule has 0 aliphatic heterocycles. The van der Waals surface area contributed by atoms with Crippen molar-refractivity contribution in [3.8, 4) is 0 Å². The van der Waals surface area contributed by atoms with Gasteiger partial charge in [0, 0.05) is 6.20 Å². The summed E-state index contributed by atoms with van der Waals surface area (Å²) < 4.78 is 66.5. The minimum Gasteiger partial charge on any atom is -0.461 e. The van der Waals surface area contributed by atoms with Crippen molar-refractivity contribution in [2.75, 3.05) is 6.61 Å². The third-order valence-corrected chi connectivity index (χ3v) is 3.81. The Kier molecular flexibility index (Phi) is 4.81. The van der Waals surface area contributed by atoms with Gasteiger partial charge in [0.2, 0.25) is 10.0 Å². The topological polar surface area (TPSA) is 88.3 Å². The Hall–Kier alpha value is -1.55. The average Bonchev–Trinajstić information content (AvgIpc) is 2.77. The SMILES string of the molecule is CCOC(=O)c1cc(S(=O)(=O)N[C@H](C)C(F)(F)F)c[nH]1. The maximum Gasteiger partial charge on any atom is 0.404 e. The van der Waals surface area contributed by atoms with Crippen LogP contribution in [0.3, 0.4) is 0 Å². The number of halogens is 3. The molecule has 0 bridgehead atoms. The first-order chi connectivity index (χ1) is 9.08. The molecule has 1 rings (SSSR count). The van der Waals surface area contributed by atoms with Crippen molar-refractivity contribution in [3.05, 3.63) is 18.0 Å². The molecule has 1 aromatic rings. The number of sulfonamides is 1. The van der Waals surface area contributed by atoms with E-state index >= 15 is 0 Å². The van der Waals surface area contributed by atoms with Crippen LogP contribution in [0, 0.1) is 0 Å². The van der Waals surface area contributed by atoms with Crippen LogP contribution in [0.25, 0.3) is 0 Å². The van der Waals surface area contributed by atoms with Crippen LogP contribution in [0.5, 0.6) is 0 Å². The molecule has 114 valence electrons. The van der Waals surface area contributed by atoms with E-state index in [-0.39, 0.29) is 12.3 Å². The van der Waals surface area contributed by atoms with Gasteiger partial charge in [-0.15, -0.1) is 0 Å². The minimum atomic E-state index is -4.70. The predicted octanol–water partition coefficient (Wildman–Crippen LogP) is 1.42. The molecular weight excluding hydrogens is 301 g/mol. The van der Waals surface area contributed by atoms with Gasteiger partial charge in [-0.2, -0.15) is 17.9 Å². The first-order valence-corrected chi connectivity index (χ1v) is 7.01. The normalized spacial score (nSPS) is 14.1. The van der Waals surface area contributed by atoms with Crippen molar-refractivity contribution in [3.63, 3.8) is 0 Å². The predicted molar refractivity (Wildman–Crippen MR) is 62.6 cm³/mol. The quantitative estimate of drug-likeness (QED) is 0.805. The van der Waals surface area contributed by atoms with Crippen LogP contribution in [-0.2, 0) is 14.8 Å². The zero-order valence-electron chi connectivity index (χ0n) is 10.6. The fraction of sp³-hybridized carbons (Fsp3) is 0.500. The lowest BCUT2D eigenvalue weighted by Crippen LogP contribution is -2.42. The molecular formula is C10H13F3N2O4S. The Morgan fingerprint density at radius 1 is 1.50 bits per heavy atom. The molecule has 10 heteroatoms. The maximum atomic E-state index is 12.3. The number of hydrogen-bond donors (Lipinski definition) is 2. The lowest BCUT2D eigenvalue weighted by molar-refractivity contribution is -0.147. The fourth-order valence-electron chi connectivity index (χ4n) is 1.22. The number of nitrogens with one attached hydrogen (secondary N) is 2. The number of alkyl halides is 3. The van der Waals surface area contributed by atoms with Crippen molar-refractivity contribution < 1.29 is 31.1 Å². The first-order valence-electron chi connectivity index (χ1n) is 5.52. The smallest absolute Gasteiger partial charge is 0.404 e. The number of ether oxygens (including phenoxy) is 1. The Labute approximate surface area is 113 Å². The summed E-state index contributed by atoms with van der Waals surface area (Å²) in [5.74, 6) is -0.794. The zero-order valence-corrected chi connectivity index (χ0v) is 11.4. The second-order valence-corrected chi connectivity index (χ2v) is 5.57. The fourth-order valence-corrected chi connectivity index (χ4v) is 2.45. The number of aromatic nitrogens is 1. The molecule has 1 heterocycles. The highest BCUT2D eigenvalue weighted by Crippen LogP contribution is 2.22. The van der Waals surface area contributed by atoms with Crippen LogP contribution >= 0.6 is 0 Å². The van der Waals surface area contributed by atoms with E-state index in [1.54, 1.807) is 6.92 Å². The molecule has 0 aromatic carbocycles. The van der Waals surface area contributed by atoms with Gasteiger partial charge in [0.25, 0.3) is 0 Å². The lowest BCUT2D eigenvalue weighted by atomic mass is 10.4. The molecule has 0 aliphatic carbocycles. The van der Waals surface area contributed by atoms with Gasteiger partial charge < -0.3 is 9.72 Å². The van der Waals surface area contributed by atoms with Gasteiger partial charge in [0.1, 0.15) is 16.6 Å². The molecule has 1 aromatic heterocycles. The highest BCUT2D eigenvalue weighted by molar-refractivity contribution is 7.89. The average molecular weight is 314 g/mol. The lowest BCUT2D eigenvalue weighted by Gasteiger charge is -2.16. The van der Waals surface area contributed by atoms with Crippen LogP contribution < -0.4 is 4.72 Å². The van der Waals surface area contributed by atoms with Crippen molar-refractivity contribution in [1.29, 1.82) is 0 Å². The highest BCUT2D eigenvalue weighted by atomic mass is 32.2. The summed E-state index contributed by atoms with van der Waals surface area (Å²) in [6.45, 7) is 2.32. The van der Waals surface area contributed by atoms with Crippen molar-refractivity contribution in [2.24, 2.45) is 0 Å². The number of carbonyl (C=O) groups is 1. The van der Waals surface area contributed by atoms with Gasteiger partial charge in [-0.05, 0) is 19.9 Å². The van der Waals surface area contributed by atoms with Crippen LogP contribution in [-0.4, -0.2) is 38.2 Å². The Balaban J connectivity index is 2.92. The van der Waals surface area contributed by atoms with Crippen LogP contribution in [0.2, 0.25) is 0 Å². The summed E-state index contributed by atoms with van der Waals surface area (Å²) in [6, 6.07) is -1.34. The summed E-state index contributed by atoms with van der Waals surface area (Å²) in [5.41, 5.74) is -0.160. The van der Waals surface area contributed by atoms with E-state index in [4.69, 9.17) is 0 Å². The summed E-state index contributed by atoms with van der Waals surface area (Å²) in [5, 5.41) is 0. The minimum absolute atomic E-state index is 0.0866. The highest BCUT2D eigenvalue weighted by Gasteiger charge is 2.39. The first kappa shape index (κ1) is 16.5. The molecule has 0 radical (unpaired) electrons. The Morgan fingerprint density at radius 2 is 2.10 bits per heavy atom. The van der Waals surface area contributed by atoms with E-state index in [1.165, 1.54) is 4.72 Å². The molecule has 20 heavy (non-hydrogen) atoms. The van der Waals surface area contributed by atoms with Gasteiger partial charge in [-0.3, -0.25) is 0 Å². The number of carbonyl (C=O) groups excluding carboxylic acids is 1. The van der Waals surface area contributed by atoms with E-state index in [0.717, 1.165) is 12.3 Å². The standard InChI is InChI=1S/C10H13F3N2O4S/c1-3-19-9(16)8-4-7(5-14-8)20(17,18)15-6(2)10(11,12)13/h4-6,14-15H,3H2,1-2H3/t6-/m1/s1. The number of aromatic amines is 1. The molecule has 0 amide bonds. The Morgan fingerprint density at radius 3 is 2.60 bits per heavy atom. The van der Waals surface area contributed by atoms with Crippen molar-refractivity contribution in [1.82, 2.24) is 9.71 Å². The molecule has 0 fully saturated rings. The van der Waals surface area contributed by atoms with Crippen LogP contribution in [0.4, 0.5) is 13.2 Å². The molecule has 2 N–H and O–H groups in total. The van der Waals surface area contributed by atoms with Gasteiger partial charge >= 0.3 is 12.1 Å². The molecule has 6 nitrogen and oxygen atoms in total. The van der Waals surface area contributed by atoms with Crippen LogP contribution in [0.15, 0.2) is 17.2 Å². The molecule has 0 saturated carbocycles. The van der Waals surface area contributed by atoms with E-state index in [2.05, 4.69) is 9.72 Å². The van der Waals surface area contributed by atoms with E-state index < -0.39 is 33.1 Å². The second kappa shape index (κ2) is 5.83. The van der Waals surface area contributed by atoms with E-state index in [0.29, 0.717) is 6.92 Å². The number of esters is 1. The van der Waals surface area contributed by atoms with E-state index in [9.17, 15) is 26.4 Å². The summed E-state index contributed by atoms with van der Waals surface area (Å²) in [4.78, 5) is 13.2. The number of rotatable bonds is 5. The number of H-pyrrole nitrogens is 1. The molecule has 0 unspecified atom stereocenters. The summed E-state index contributed by atoms with van der Waals surface area (Å²) in [7, 11) is -4.38. The monoisotopic (exact) mass is 314 g/mol. The van der Waals surface area contributed by atoms with E-state index in [1.807, 2.05) is 0 Å². The van der Waals surface area contributed by atoms with Gasteiger partial charge in [0.15, 0.2) is 0 Å². The Bertz CT molecular complexity index is 580. The third-order valence-electron chi connectivity index (χ3n) is 2.29. The summed E-state index contributed by atoms with van der Waals surface area (Å²) in [6.07, 6.45) is -3.79. The second-order valence-electron chi connectivity index (χ2n) is 3.85. The van der Waals surface area contributed by atoms with Crippen LogP contribution in [0.1, 0.15) is 24.3 Å². The number of hydrogen-bond acceptors (Lipinski definition) is 4. The van der Waals surface area contributed by atoms with Gasteiger partial charge in [0.05, 0.1) is 6.61 Å². The van der Waals surface area contributed by atoms with Crippen molar-refractivity contribution in [2.45, 2.75) is 31.0 Å². The maximum absolute atomic E-state index is 12.3.